The van der Waals surface area contributed by atoms with E-state index in [0.29, 0.717) is 13.2 Å². The lowest BCUT2D eigenvalue weighted by atomic mass is 9.69. The average Bonchev–Trinajstić information content (AvgIpc) is 1.58. The molecule has 0 radical (unpaired) electrons. The number of benzene rings is 13. The van der Waals surface area contributed by atoms with Crippen LogP contribution in [-0.2, 0) is 16.2 Å². The Morgan fingerprint density at radius 1 is 0.282 bits per heavy atom. The van der Waals surface area contributed by atoms with E-state index < -0.39 is 10.8 Å². The van der Waals surface area contributed by atoms with Crippen LogP contribution in [0, 0.1) is 0 Å². The van der Waals surface area contributed by atoms with Crippen molar-refractivity contribution in [2.24, 2.45) is 0 Å². The summed E-state index contributed by atoms with van der Waals surface area (Å²) in [6.45, 7) is 14.0. The van der Waals surface area contributed by atoms with Gasteiger partial charge in [-0.25, -0.2) is 0 Å². The van der Waals surface area contributed by atoms with E-state index in [9.17, 15) is 0 Å². The molecule has 0 N–H and O–H groups in total. The largest absolute Gasteiger partial charge is 0.494 e. The fraction of sp³-hybridized carbons (Fsp3) is 0.172. The zero-order valence-corrected chi connectivity index (χ0v) is 59.3. The van der Waals surface area contributed by atoms with Gasteiger partial charge in [-0.1, -0.05) is 296 Å². The predicted molar refractivity (Wildman–Crippen MR) is 433 cm³/mol. The van der Waals surface area contributed by atoms with Crippen LogP contribution >= 0.6 is 0 Å². The van der Waals surface area contributed by atoms with Gasteiger partial charge in [0.1, 0.15) is 11.5 Å². The van der Waals surface area contributed by atoms with Gasteiger partial charge in [0.2, 0.25) is 0 Å². The van der Waals surface area contributed by atoms with Gasteiger partial charge in [0.25, 0.3) is 0 Å². The topological polar surface area (TPSA) is 24.9 Å². The summed E-state index contributed by atoms with van der Waals surface area (Å²) in [4.78, 5) is 5.01. The normalized spacial score (nSPS) is 15.4. The van der Waals surface area contributed by atoms with Crippen molar-refractivity contribution in [3.05, 3.63) is 384 Å². The highest BCUT2D eigenvalue weighted by Crippen LogP contribution is 2.60. The van der Waals surface area contributed by atoms with Crippen LogP contribution in [0.1, 0.15) is 134 Å². The van der Waals surface area contributed by atoms with Crippen molar-refractivity contribution in [2.75, 3.05) is 23.0 Å². The number of hydrogen-bond acceptors (Lipinski definition) is 4. The third-order valence-electron chi connectivity index (χ3n) is 22.4. The molecule has 3 aliphatic carbocycles. The van der Waals surface area contributed by atoms with E-state index in [4.69, 9.17) is 9.47 Å². The van der Waals surface area contributed by atoms with Crippen molar-refractivity contribution in [1.82, 2.24) is 0 Å². The fourth-order valence-electron chi connectivity index (χ4n) is 17.3. The Kier molecular flexibility index (Phi) is 18.5. The van der Waals surface area contributed by atoms with Crippen LogP contribution in [0.2, 0.25) is 0 Å². The van der Waals surface area contributed by atoms with Crippen LogP contribution in [0.5, 0.6) is 11.5 Å². The van der Waals surface area contributed by atoms with Crippen molar-refractivity contribution in [2.45, 2.75) is 94.3 Å². The first-order valence-electron chi connectivity index (χ1n) is 37.1. The molecule has 4 nitrogen and oxygen atoms in total. The first-order valence-corrected chi connectivity index (χ1v) is 37.1. The quantitative estimate of drug-likeness (QED) is 0.0479. The summed E-state index contributed by atoms with van der Waals surface area (Å²) in [5.41, 5.74) is 28.8. The second-order valence-electron chi connectivity index (χ2n) is 28.7. The lowest BCUT2D eigenvalue weighted by Gasteiger charge is -2.35. The molecule has 0 fully saturated rings. The zero-order chi connectivity index (χ0) is 69.7. The van der Waals surface area contributed by atoms with Crippen LogP contribution < -0.4 is 19.3 Å². The van der Waals surface area contributed by atoms with Crippen molar-refractivity contribution in [1.29, 1.82) is 0 Å². The van der Waals surface area contributed by atoms with Gasteiger partial charge >= 0.3 is 0 Å². The Balaban J connectivity index is 0.809. The SMILES string of the molecule is C=Cc1ccc(OCCCCCCC2(c3ccccc3)c3ccccc3-c3ccc(N(c4ccc(N(c5ccc(-c6ccccc6)cc5)c5ccc6c(c5)C(C)(C)c5ccccc5-6)cc4)c4ccc5c(c4)C(CCCCCCOc4ccc(C=C)cc4)(c4ccccc4)c4ccccc4-5)cc32)cc1. The molecule has 13 aromatic rings. The van der Waals surface area contributed by atoms with Crippen LogP contribution in [0.3, 0.4) is 0 Å². The lowest BCUT2D eigenvalue weighted by Crippen LogP contribution is -2.28. The van der Waals surface area contributed by atoms with Gasteiger partial charge in [-0.05, 0) is 223 Å². The Bertz CT molecular complexity index is 4950. The molecule has 2 unspecified atom stereocenters. The van der Waals surface area contributed by atoms with Gasteiger partial charge in [-0.3, -0.25) is 0 Å². The molecule has 0 amide bonds. The van der Waals surface area contributed by atoms with Crippen LogP contribution in [0.15, 0.2) is 329 Å². The number of ether oxygens (including phenoxy) is 2. The van der Waals surface area contributed by atoms with Gasteiger partial charge in [0, 0.05) is 50.4 Å². The Morgan fingerprint density at radius 2 is 0.602 bits per heavy atom. The smallest absolute Gasteiger partial charge is 0.119 e. The van der Waals surface area contributed by atoms with E-state index in [-0.39, 0.29) is 5.41 Å². The summed E-state index contributed by atoms with van der Waals surface area (Å²) >= 11 is 0. The maximum Gasteiger partial charge on any atom is 0.119 e. The predicted octanol–water partition coefficient (Wildman–Crippen LogP) is 26.6. The number of unbranched alkanes of at least 4 members (excludes halogenated alkanes) is 6. The summed E-state index contributed by atoms with van der Waals surface area (Å²) in [5.74, 6) is 1.81. The zero-order valence-electron chi connectivity index (χ0n) is 59.3. The van der Waals surface area contributed by atoms with E-state index in [1.54, 1.807) is 0 Å². The first-order chi connectivity index (χ1) is 50.7. The molecule has 16 rings (SSSR count). The molecule has 506 valence electrons. The average molecular weight is 1340 g/mol. The van der Waals surface area contributed by atoms with Crippen LogP contribution in [0.4, 0.5) is 34.1 Å². The number of hydrogen-bond donors (Lipinski definition) is 0. The van der Waals surface area contributed by atoms with Gasteiger partial charge in [-0.15, -0.1) is 0 Å². The Morgan fingerprint density at radius 3 is 1.04 bits per heavy atom. The molecule has 13 aromatic carbocycles. The summed E-state index contributed by atoms with van der Waals surface area (Å²) in [6.07, 6.45) is 14.1. The molecule has 0 aliphatic heterocycles. The second-order valence-corrected chi connectivity index (χ2v) is 28.7. The van der Waals surface area contributed by atoms with E-state index >= 15 is 0 Å². The van der Waals surface area contributed by atoms with Crippen molar-refractivity contribution >= 4 is 46.3 Å². The van der Waals surface area contributed by atoms with Gasteiger partial charge < -0.3 is 19.3 Å². The minimum atomic E-state index is -0.407. The monoisotopic (exact) mass is 1340 g/mol. The third-order valence-corrected chi connectivity index (χ3v) is 22.4. The Hall–Kier alpha value is -11.5. The number of rotatable bonds is 27. The highest BCUT2D eigenvalue weighted by atomic mass is 16.5. The molecule has 3 aliphatic rings. The molecule has 0 saturated heterocycles. The molecular weight excluding hydrogens is 1250 g/mol. The molecule has 4 heteroatoms. The van der Waals surface area contributed by atoms with Crippen molar-refractivity contribution < 1.29 is 9.47 Å². The molecule has 0 saturated carbocycles. The second kappa shape index (κ2) is 28.9. The van der Waals surface area contributed by atoms with Crippen molar-refractivity contribution in [3.63, 3.8) is 0 Å². The maximum absolute atomic E-state index is 6.26. The van der Waals surface area contributed by atoms with Crippen molar-refractivity contribution in [3.8, 4) is 56.0 Å². The summed E-state index contributed by atoms with van der Waals surface area (Å²) in [5, 5.41) is 0. The summed E-state index contributed by atoms with van der Waals surface area (Å²) in [7, 11) is 0. The molecule has 0 spiro atoms. The molecule has 0 aromatic heterocycles. The van der Waals surface area contributed by atoms with Gasteiger partial charge in [-0.2, -0.15) is 0 Å². The minimum absolute atomic E-state index is 0.177. The minimum Gasteiger partial charge on any atom is -0.494 e. The van der Waals surface area contributed by atoms with Gasteiger partial charge in [0.15, 0.2) is 0 Å². The van der Waals surface area contributed by atoms with E-state index in [2.05, 4.69) is 328 Å². The van der Waals surface area contributed by atoms with E-state index in [0.717, 1.165) is 121 Å². The number of fused-ring (bicyclic) bond motifs is 9. The van der Waals surface area contributed by atoms with E-state index in [1.807, 2.05) is 36.4 Å². The number of nitrogens with zero attached hydrogens (tertiary/aromatic N) is 2. The molecule has 103 heavy (non-hydrogen) atoms. The number of anilines is 6. The van der Waals surface area contributed by atoms with Gasteiger partial charge in [0.05, 0.1) is 13.2 Å². The molecule has 2 atom stereocenters. The Labute approximate surface area is 609 Å². The molecule has 0 heterocycles. The first kappa shape index (κ1) is 66.1. The standard InChI is InChI=1S/C99H88N2O2/c1-5-71-42-57-83(58-43-71)102-66-28-9-7-26-64-98(75-32-16-12-17-33-75)92-40-24-21-37-86(92)89-62-55-81(69-95(89)98)101(82-56-63-90-87-38-22-25-41-93(87)99(96(90)70-82,76-34-18-13-19-35-76)65-27-8-10-29-67-103-84-59-44-72(6-2)45-60-84)79-52-50-78(51-53-79)100(77-48-46-74(47-49-77)73-30-14-11-15-31-73)80-54-61-88-85-36-20-23-39-91(85)97(3,4)94(88)68-80/h5-6,11-25,30-63,68-70H,1-2,7-10,26-29,64-67H2,3-4H3. The molecule has 0 bridgehead atoms. The lowest BCUT2D eigenvalue weighted by molar-refractivity contribution is 0.303. The summed E-state index contributed by atoms with van der Waals surface area (Å²) < 4.78 is 12.5. The summed E-state index contributed by atoms with van der Waals surface area (Å²) in [6, 6.07) is 118. The highest BCUT2D eigenvalue weighted by molar-refractivity contribution is 5.92. The van der Waals surface area contributed by atoms with E-state index in [1.165, 1.54) is 89.0 Å². The van der Waals surface area contributed by atoms with Crippen LogP contribution in [0.25, 0.3) is 56.7 Å². The van der Waals surface area contributed by atoms with Crippen LogP contribution in [-0.4, -0.2) is 13.2 Å². The highest BCUT2D eigenvalue weighted by Gasteiger charge is 2.47. The molecular formula is C99H88N2O2. The fourth-order valence-corrected chi connectivity index (χ4v) is 17.3. The third kappa shape index (κ3) is 12.5. The maximum atomic E-state index is 6.26.